The standard InChI is InChI=1S/C13H17BrOS/c1-8(2)10(4)16-11-5-6-12(9(3)15)13(14)7-11/h5-8,10H,1-4H3. The lowest BCUT2D eigenvalue weighted by atomic mass is 10.1. The van der Waals surface area contributed by atoms with Crippen LogP contribution in [-0.2, 0) is 0 Å². The van der Waals surface area contributed by atoms with Crippen molar-refractivity contribution in [1.82, 2.24) is 0 Å². The van der Waals surface area contributed by atoms with E-state index in [1.807, 2.05) is 30.0 Å². The summed E-state index contributed by atoms with van der Waals surface area (Å²) in [5, 5.41) is 0.579. The molecule has 0 heterocycles. The fourth-order valence-corrected chi connectivity index (χ4v) is 3.05. The van der Waals surface area contributed by atoms with E-state index < -0.39 is 0 Å². The molecule has 0 N–H and O–H groups in total. The summed E-state index contributed by atoms with van der Waals surface area (Å²) in [6.07, 6.45) is 0. The van der Waals surface area contributed by atoms with Gasteiger partial charge >= 0.3 is 0 Å². The molecule has 1 nitrogen and oxygen atoms in total. The summed E-state index contributed by atoms with van der Waals surface area (Å²) in [5.74, 6) is 0.747. The van der Waals surface area contributed by atoms with Gasteiger partial charge in [0.1, 0.15) is 0 Å². The smallest absolute Gasteiger partial charge is 0.160 e. The summed E-state index contributed by atoms with van der Waals surface area (Å²) < 4.78 is 0.890. The first-order valence-electron chi connectivity index (χ1n) is 5.39. The molecule has 88 valence electrons. The SMILES string of the molecule is CC(=O)c1ccc(SC(C)C(C)C)cc1Br. The van der Waals surface area contributed by atoms with Crippen LogP contribution in [0.25, 0.3) is 0 Å². The van der Waals surface area contributed by atoms with Crippen LogP contribution in [0.3, 0.4) is 0 Å². The molecular weight excluding hydrogens is 284 g/mol. The van der Waals surface area contributed by atoms with Gasteiger partial charge < -0.3 is 0 Å². The molecule has 1 rings (SSSR count). The van der Waals surface area contributed by atoms with E-state index in [9.17, 15) is 4.79 Å². The summed E-state index contributed by atoms with van der Waals surface area (Å²) >= 11 is 5.29. The number of benzene rings is 1. The average molecular weight is 301 g/mol. The predicted molar refractivity (Wildman–Crippen MR) is 74.3 cm³/mol. The predicted octanol–water partition coefficient (Wildman–Crippen LogP) is 4.79. The number of rotatable bonds is 4. The Balaban J connectivity index is 2.85. The van der Waals surface area contributed by atoms with Gasteiger partial charge in [-0.05, 0) is 31.0 Å². The number of carbonyl (C=O) groups excluding carboxylic acids is 1. The molecule has 1 aromatic rings. The first-order chi connectivity index (χ1) is 7.41. The monoisotopic (exact) mass is 300 g/mol. The zero-order valence-corrected chi connectivity index (χ0v) is 12.5. The first kappa shape index (κ1) is 13.8. The highest BCUT2D eigenvalue weighted by Crippen LogP contribution is 2.31. The Morgan fingerprint density at radius 3 is 2.38 bits per heavy atom. The van der Waals surface area contributed by atoms with Crippen molar-refractivity contribution >= 4 is 33.5 Å². The Labute approximate surface area is 110 Å². The van der Waals surface area contributed by atoms with Crippen molar-refractivity contribution in [3.8, 4) is 0 Å². The molecule has 0 aliphatic rings. The Morgan fingerprint density at radius 1 is 1.31 bits per heavy atom. The zero-order chi connectivity index (χ0) is 12.3. The fourth-order valence-electron chi connectivity index (χ4n) is 1.21. The molecular formula is C13H17BrOS. The largest absolute Gasteiger partial charge is 0.294 e. The van der Waals surface area contributed by atoms with Crippen molar-refractivity contribution in [2.45, 2.75) is 37.8 Å². The summed E-state index contributed by atoms with van der Waals surface area (Å²) in [6, 6.07) is 5.94. The van der Waals surface area contributed by atoms with Crippen molar-refractivity contribution in [1.29, 1.82) is 0 Å². The van der Waals surface area contributed by atoms with Crippen LogP contribution in [0.4, 0.5) is 0 Å². The van der Waals surface area contributed by atoms with Crippen molar-refractivity contribution in [2.24, 2.45) is 5.92 Å². The molecule has 0 aliphatic heterocycles. The second kappa shape index (κ2) is 5.87. The average Bonchev–Trinajstić information content (AvgIpc) is 2.16. The minimum Gasteiger partial charge on any atom is -0.294 e. The molecule has 0 saturated carbocycles. The maximum Gasteiger partial charge on any atom is 0.160 e. The van der Waals surface area contributed by atoms with Crippen LogP contribution in [0.5, 0.6) is 0 Å². The van der Waals surface area contributed by atoms with Gasteiger partial charge in [-0.3, -0.25) is 4.79 Å². The normalized spacial score (nSPS) is 12.9. The highest BCUT2D eigenvalue weighted by Gasteiger charge is 2.11. The van der Waals surface area contributed by atoms with Crippen LogP contribution in [0, 0.1) is 5.92 Å². The van der Waals surface area contributed by atoms with Crippen LogP contribution < -0.4 is 0 Å². The number of halogens is 1. The van der Waals surface area contributed by atoms with Crippen LogP contribution >= 0.6 is 27.7 Å². The van der Waals surface area contributed by atoms with Crippen molar-refractivity contribution in [3.05, 3.63) is 28.2 Å². The Bertz CT molecular complexity index is 388. The molecule has 0 aliphatic carbocycles. The molecule has 0 aromatic heterocycles. The molecule has 1 atom stereocenters. The van der Waals surface area contributed by atoms with E-state index in [4.69, 9.17) is 0 Å². The lowest BCUT2D eigenvalue weighted by Gasteiger charge is -2.15. The van der Waals surface area contributed by atoms with Gasteiger partial charge in [-0.15, -0.1) is 11.8 Å². The Morgan fingerprint density at radius 2 is 1.94 bits per heavy atom. The molecule has 0 radical (unpaired) electrons. The third kappa shape index (κ3) is 3.63. The van der Waals surface area contributed by atoms with Gasteiger partial charge in [-0.1, -0.05) is 36.7 Å². The number of hydrogen-bond acceptors (Lipinski definition) is 2. The van der Waals surface area contributed by atoms with E-state index in [0.717, 1.165) is 10.0 Å². The first-order valence-corrected chi connectivity index (χ1v) is 7.06. The second-order valence-corrected chi connectivity index (χ2v) is 6.57. The van der Waals surface area contributed by atoms with Gasteiger partial charge in [0, 0.05) is 20.2 Å². The van der Waals surface area contributed by atoms with Gasteiger partial charge in [0.15, 0.2) is 5.78 Å². The number of Topliss-reactive ketones (excluding diaryl/α,β-unsaturated/α-hetero) is 1. The number of thioether (sulfide) groups is 1. The maximum absolute atomic E-state index is 11.3. The highest BCUT2D eigenvalue weighted by atomic mass is 79.9. The topological polar surface area (TPSA) is 17.1 Å². The summed E-state index contributed by atoms with van der Waals surface area (Å²) in [5.41, 5.74) is 0.751. The van der Waals surface area contributed by atoms with E-state index in [0.29, 0.717) is 11.2 Å². The molecule has 1 unspecified atom stereocenters. The van der Waals surface area contributed by atoms with Crippen LogP contribution in [0.1, 0.15) is 38.1 Å². The summed E-state index contributed by atoms with van der Waals surface area (Å²) in [4.78, 5) is 12.5. The van der Waals surface area contributed by atoms with E-state index in [2.05, 4.69) is 36.7 Å². The van der Waals surface area contributed by atoms with E-state index >= 15 is 0 Å². The fraction of sp³-hybridized carbons (Fsp3) is 0.462. The Kier molecular flexibility index (Phi) is 5.06. The zero-order valence-electron chi connectivity index (χ0n) is 10.1. The van der Waals surface area contributed by atoms with Gasteiger partial charge in [-0.25, -0.2) is 0 Å². The highest BCUT2D eigenvalue weighted by molar-refractivity contribution is 9.10. The van der Waals surface area contributed by atoms with Gasteiger partial charge in [0.2, 0.25) is 0 Å². The number of ketones is 1. The molecule has 0 saturated heterocycles. The third-order valence-electron chi connectivity index (χ3n) is 2.58. The molecule has 16 heavy (non-hydrogen) atoms. The molecule has 0 fully saturated rings. The van der Waals surface area contributed by atoms with Gasteiger partial charge in [0.25, 0.3) is 0 Å². The third-order valence-corrected chi connectivity index (χ3v) is 4.68. The molecule has 3 heteroatoms. The number of carbonyl (C=O) groups is 1. The van der Waals surface area contributed by atoms with Gasteiger partial charge in [-0.2, -0.15) is 0 Å². The molecule has 0 spiro atoms. The van der Waals surface area contributed by atoms with Crippen LogP contribution in [-0.4, -0.2) is 11.0 Å². The summed E-state index contributed by atoms with van der Waals surface area (Å²) in [7, 11) is 0. The van der Waals surface area contributed by atoms with Crippen molar-refractivity contribution < 1.29 is 4.79 Å². The molecule has 0 amide bonds. The molecule has 1 aromatic carbocycles. The van der Waals surface area contributed by atoms with Crippen molar-refractivity contribution in [3.63, 3.8) is 0 Å². The van der Waals surface area contributed by atoms with E-state index in [1.165, 1.54) is 4.90 Å². The lowest BCUT2D eigenvalue weighted by molar-refractivity contribution is 0.101. The van der Waals surface area contributed by atoms with E-state index in [-0.39, 0.29) is 5.78 Å². The van der Waals surface area contributed by atoms with Crippen molar-refractivity contribution in [2.75, 3.05) is 0 Å². The molecule has 0 bridgehead atoms. The lowest BCUT2D eigenvalue weighted by Crippen LogP contribution is -2.05. The minimum atomic E-state index is 0.0975. The quantitative estimate of drug-likeness (QED) is 0.587. The van der Waals surface area contributed by atoms with Crippen LogP contribution in [0.15, 0.2) is 27.6 Å². The Hall–Kier alpha value is -0.280. The minimum absolute atomic E-state index is 0.0975. The van der Waals surface area contributed by atoms with E-state index in [1.54, 1.807) is 6.92 Å². The number of hydrogen-bond donors (Lipinski definition) is 0. The maximum atomic E-state index is 11.3. The van der Waals surface area contributed by atoms with Gasteiger partial charge in [0.05, 0.1) is 0 Å². The second-order valence-electron chi connectivity index (χ2n) is 4.26. The summed E-state index contributed by atoms with van der Waals surface area (Å²) in [6.45, 7) is 8.25. The van der Waals surface area contributed by atoms with Crippen LogP contribution in [0.2, 0.25) is 0 Å².